The highest BCUT2D eigenvalue weighted by molar-refractivity contribution is 7.99. The second-order valence-corrected chi connectivity index (χ2v) is 7.41. The van der Waals surface area contributed by atoms with Gasteiger partial charge in [0.1, 0.15) is 0 Å². The molecule has 0 aliphatic rings. The number of nitro benzene ring substituents is 1. The van der Waals surface area contributed by atoms with Crippen molar-refractivity contribution in [1.82, 2.24) is 25.2 Å². The number of benzene rings is 2. The first-order valence-electron chi connectivity index (χ1n) is 9.02. The number of pyridine rings is 1. The lowest BCUT2D eigenvalue weighted by atomic mass is 10.1. The molecule has 10 nitrogen and oxygen atoms in total. The van der Waals surface area contributed by atoms with E-state index in [0.717, 1.165) is 22.9 Å². The number of nitrogens with one attached hydrogen (secondary N) is 1. The minimum atomic E-state index is -0.544. The van der Waals surface area contributed by atoms with Crippen LogP contribution in [0.3, 0.4) is 0 Å². The molecule has 0 spiro atoms. The van der Waals surface area contributed by atoms with Gasteiger partial charge in [-0.25, -0.2) is 4.68 Å². The molecule has 31 heavy (non-hydrogen) atoms. The summed E-state index contributed by atoms with van der Waals surface area (Å²) in [6.07, 6.45) is 3.45. The molecule has 0 radical (unpaired) electrons. The molecule has 0 fully saturated rings. The van der Waals surface area contributed by atoms with Crippen molar-refractivity contribution >= 4 is 29.0 Å². The third-order valence-corrected chi connectivity index (χ3v) is 5.44. The minimum absolute atomic E-state index is 0.151. The van der Waals surface area contributed by atoms with Crippen molar-refractivity contribution in [2.24, 2.45) is 7.05 Å². The van der Waals surface area contributed by atoms with Crippen LogP contribution in [0.5, 0.6) is 0 Å². The fraction of sp³-hybridized carbons (Fsp3) is 0.0500. The highest BCUT2D eigenvalue weighted by Gasteiger charge is 2.19. The quantitative estimate of drug-likeness (QED) is 0.361. The van der Waals surface area contributed by atoms with Crippen LogP contribution in [0.25, 0.3) is 11.1 Å². The highest BCUT2D eigenvalue weighted by atomic mass is 32.2. The molecule has 0 aliphatic heterocycles. The van der Waals surface area contributed by atoms with Crippen LogP contribution in [0.2, 0.25) is 0 Å². The topological polar surface area (TPSA) is 129 Å². The van der Waals surface area contributed by atoms with Gasteiger partial charge in [0.2, 0.25) is 5.16 Å². The van der Waals surface area contributed by atoms with E-state index < -0.39 is 10.8 Å². The van der Waals surface area contributed by atoms with E-state index in [4.69, 9.17) is 0 Å². The Balaban J connectivity index is 1.60. The minimum Gasteiger partial charge on any atom is -0.322 e. The first kappa shape index (κ1) is 20.2. The van der Waals surface area contributed by atoms with Crippen LogP contribution in [-0.4, -0.2) is 36.0 Å². The largest absolute Gasteiger partial charge is 0.322 e. The van der Waals surface area contributed by atoms with Gasteiger partial charge in [0.05, 0.1) is 10.5 Å². The number of carbonyl (C=O) groups excluding carboxylic acids is 1. The van der Waals surface area contributed by atoms with Crippen LogP contribution in [0.1, 0.15) is 10.4 Å². The zero-order valence-corrected chi connectivity index (χ0v) is 17.0. The predicted octanol–water partition coefficient (Wildman–Crippen LogP) is 3.58. The second-order valence-electron chi connectivity index (χ2n) is 6.40. The van der Waals surface area contributed by atoms with Crippen molar-refractivity contribution < 1.29 is 9.72 Å². The summed E-state index contributed by atoms with van der Waals surface area (Å²) in [5, 5.41) is 25.7. The standard InChI is InChI=1S/C20H15N7O3S/c1-26-20(23-24-25-26)31-18-9-8-16(27(29)30)11-17(18)19(28)22-15-6-4-13(5-7-15)14-3-2-10-21-12-14/h2-12H,1H3,(H,22,28). The van der Waals surface area contributed by atoms with Gasteiger partial charge >= 0.3 is 0 Å². The molecule has 11 heteroatoms. The molecule has 0 saturated carbocycles. The lowest BCUT2D eigenvalue weighted by molar-refractivity contribution is -0.384. The van der Waals surface area contributed by atoms with Crippen LogP contribution >= 0.6 is 11.8 Å². The van der Waals surface area contributed by atoms with Gasteiger partial charge in [-0.15, -0.1) is 5.10 Å². The monoisotopic (exact) mass is 433 g/mol. The third kappa shape index (κ3) is 4.56. The molecule has 2 heterocycles. The van der Waals surface area contributed by atoms with E-state index in [1.165, 1.54) is 22.9 Å². The molecule has 0 bridgehead atoms. The summed E-state index contributed by atoms with van der Waals surface area (Å²) in [5.74, 6) is -0.476. The van der Waals surface area contributed by atoms with E-state index in [0.29, 0.717) is 15.7 Å². The van der Waals surface area contributed by atoms with Gasteiger partial charge in [-0.2, -0.15) is 0 Å². The Labute approximate surface area is 180 Å². The van der Waals surface area contributed by atoms with Crippen molar-refractivity contribution in [3.63, 3.8) is 0 Å². The number of amides is 1. The molecule has 154 valence electrons. The Morgan fingerprint density at radius 2 is 1.94 bits per heavy atom. The van der Waals surface area contributed by atoms with E-state index in [1.807, 2.05) is 24.3 Å². The number of hydrogen-bond acceptors (Lipinski definition) is 8. The van der Waals surface area contributed by atoms with E-state index in [-0.39, 0.29) is 11.3 Å². The molecule has 0 unspecified atom stereocenters. The van der Waals surface area contributed by atoms with Gasteiger partial charge in [0.15, 0.2) is 0 Å². The summed E-state index contributed by atoms with van der Waals surface area (Å²) < 4.78 is 1.45. The molecule has 4 rings (SSSR count). The highest BCUT2D eigenvalue weighted by Crippen LogP contribution is 2.31. The fourth-order valence-corrected chi connectivity index (χ4v) is 3.62. The summed E-state index contributed by atoms with van der Waals surface area (Å²) in [4.78, 5) is 28.2. The van der Waals surface area contributed by atoms with Crippen LogP contribution in [0, 0.1) is 10.1 Å². The molecule has 2 aromatic heterocycles. The average Bonchev–Trinajstić information content (AvgIpc) is 3.19. The van der Waals surface area contributed by atoms with Crippen LogP contribution in [-0.2, 0) is 7.05 Å². The van der Waals surface area contributed by atoms with Gasteiger partial charge in [-0.3, -0.25) is 19.9 Å². The predicted molar refractivity (Wildman–Crippen MR) is 114 cm³/mol. The zero-order chi connectivity index (χ0) is 21.8. The summed E-state index contributed by atoms with van der Waals surface area (Å²) in [7, 11) is 1.66. The summed E-state index contributed by atoms with van der Waals surface area (Å²) in [6, 6.07) is 15.1. The number of aryl methyl sites for hydroxylation is 1. The smallest absolute Gasteiger partial charge is 0.270 e. The Kier molecular flexibility index (Phi) is 5.67. The molecule has 2 aromatic carbocycles. The molecule has 0 atom stereocenters. The summed E-state index contributed by atoms with van der Waals surface area (Å²) in [6.45, 7) is 0. The number of hydrogen-bond donors (Lipinski definition) is 1. The SMILES string of the molecule is Cn1nnnc1Sc1ccc([N+](=O)[O-])cc1C(=O)Nc1ccc(-c2cccnc2)cc1. The molecular weight excluding hydrogens is 418 g/mol. The van der Waals surface area contributed by atoms with Crippen LogP contribution in [0.15, 0.2) is 77.0 Å². The van der Waals surface area contributed by atoms with Crippen LogP contribution < -0.4 is 5.32 Å². The Morgan fingerprint density at radius 1 is 1.13 bits per heavy atom. The fourth-order valence-electron chi connectivity index (χ4n) is 2.78. The maximum absolute atomic E-state index is 13.0. The zero-order valence-electron chi connectivity index (χ0n) is 16.2. The number of anilines is 1. The number of non-ortho nitro benzene ring substituents is 1. The number of rotatable bonds is 6. The van der Waals surface area contributed by atoms with E-state index in [1.54, 1.807) is 31.6 Å². The third-order valence-electron chi connectivity index (χ3n) is 4.34. The average molecular weight is 433 g/mol. The first-order valence-corrected chi connectivity index (χ1v) is 9.83. The van der Waals surface area contributed by atoms with Crippen LogP contribution in [0.4, 0.5) is 11.4 Å². The van der Waals surface area contributed by atoms with Crippen molar-refractivity contribution in [3.8, 4) is 11.1 Å². The Hall–Kier alpha value is -4.12. The molecule has 0 aliphatic carbocycles. The molecule has 1 amide bonds. The van der Waals surface area contributed by atoms with E-state index >= 15 is 0 Å². The Morgan fingerprint density at radius 3 is 2.58 bits per heavy atom. The molecule has 1 N–H and O–H groups in total. The van der Waals surface area contributed by atoms with Gasteiger partial charge in [0.25, 0.3) is 11.6 Å². The number of nitrogens with zero attached hydrogens (tertiary/aromatic N) is 6. The van der Waals surface area contributed by atoms with Gasteiger partial charge in [-0.05, 0) is 57.6 Å². The van der Waals surface area contributed by atoms with Gasteiger partial charge < -0.3 is 5.32 Å². The normalized spacial score (nSPS) is 10.6. The maximum atomic E-state index is 13.0. The van der Waals surface area contributed by atoms with Crippen molar-refractivity contribution in [2.45, 2.75) is 10.1 Å². The van der Waals surface area contributed by atoms with Gasteiger partial charge in [-0.1, -0.05) is 18.2 Å². The number of carbonyl (C=O) groups is 1. The second kappa shape index (κ2) is 8.71. The van der Waals surface area contributed by atoms with Crippen molar-refractivity contribution in [3.05, 3.63) is 82.7 Å². The maximum Gasteiger partial charge on any atom is 0.270 e. The first-order chi connectivity index (χ1) is 15.0. The van der Waals surface area contributed by atoms with E-state index in [2.05, 4.69) is 25.8 Å². The molecule has 4 aromatic rings. The molecular formula is C20H15N7O3S. The van der Waals surface area contributed by atoms with Crippen molar-refractivity contribution in [1.29, 1.82) is 0 Å². The summed E-state index contributed by atoms with van der Waals surface area (Å²) >= 11 is 1.14. The lowest BCUT2D eigenvalue weighted by Gasteiger charge is -2.10. The molecule has 0 saturated heterocycles. The number of aromatic nitrogens is 5. The van der Waals surface area contributed by atoms with E-state index in [9.17, 15) is 14.9 Å². The van der Waals surface area contributed by atoms with Crippen molar-refractivity contribution in [2.75, 3.05) is 5.32 Å². The van der Waals surface area contributed by atoms with Gasteiger partial charge in [0, 0.05) is 42.2 Å². The number of tetrazole rings is 1. The number of nitro groups is 1. The summed E-state index contributed by atoms with van der Waals surface area (Å²) in [5.41, 5.74) is 2.43. The Bertz CT molecular complexity index is 1240. The lowest BCUT2D eigenvalue weighted by Crippen LogP contribution is -2.13.